The Kier molecular flexibility index (Phi) is 5.44. The highest BCUT2D eigenvalue weighted by Gasteiger charge is 2.11. The summed E-state index contributed by atoms with van der Waals surface area (Å²) in [6, 6.07) is 10.3. The molecule has 0 radical (unpaired) electrons. The maximum absolute atomic E-state index is 13.7. The third kappa shape index (κ3) is 4.63. The molecule has 0 fully saturated rings. The molecule has 0 aliphatic rings. The number of nitrogens with one attached hydrogen (secondary N) is 1. The number of hydrogen-bond donors (Lipinski definition) is 1. The predicted octanol–water partition coefficient (Wildman–Crippen LogP) is 3.79. The van der Waals surface area contributed by atoms with Crippen LogP contribution in [0.5, 0.6) is 0 Å². The van der Waals surface area contributed by atoms with Crippen molar-refractivity contribution >= 4 is 21.8 Å². The third-order valence-corrected chi connectivity index (χ3v) is 3.64. The van der Waals surface area contributed by atoms with Crippen LogP contribution in [-0.2, 0) is 11.2 Å². The highest BCUT2D eigenvalue weighted by Crippen LogP contribution is 2.16. The summed E-state index contributed by atoms with van der Waals surface area (Å²) in [6.07, 6.45) is 2.31. The lowest BCUT2D eigenvalue weighted by atomic mass is 10.1. The molecule has 1 aromatic heterocycles. The molecule has 0 bridgehead atoms. The summed E-state index contributed by atoms with van der Waals surface area (Å²) in [5, 5.41) is 2.86. The number of pyridine rings is 1. The molecule has 1 aromatic carbocycles. The van der Waals surface area contributed by atoms with Crippen LogP contribution < -0.4 is 5.32 Å². The van der Waals surface area contributed by atoms with Crippen molar-refractivity contribution in [1.29, 1.82) is 0 Å². The van der Waals surface area contributed by atoms with E-state index in [1.165, 1.54) is 6.07 Å². The smallest absolute Gasteiger partial charge is 0.220 e. The highest BCUT2D eigenvalue weighted by atomic mass is 79.9. The van der Waals surface area contributed by atoms with Gasteiger partial charge in [-0.1, -0.05) is 28.1 Å². The Morgan fingerprint density at radius 1 is 1.38 bits per heavy atom. The second kappa shape index (κ2) is 7.31. The Morgan fingerprint density at radius 2 is 2.19 bits per heavy atom. The number of rotatable bonds is 5. The molecule has 1 heterocycles. The van der Waals surface area contributed by atoms with Gasteiger partial charge in [-0.05, 0) is 43.2 Å². The van der Waals surface area contributed by atoms with E-state index in [0.717, 1.165) is 5.69 Å². The van der Waals surface area contributed by atoms with Crippen LogP contribution in [0.15, 0.2) is 47.1 Å². The number of aromatic nitrogens is 1. The monoisotopic (exact) mass is 350 g/mol. The molecule has 1 N–H and O–H groups in total. The van der Waals surface area contributed by atoms with Gasteiger partial charge in [-0.15, -0.1) is 0 Å². The van der Waals surface area contributed by atoms with Gasteiger partial charge < -0.3 is 5.32 Å². The summed E-state index contributed by atoms with van der Waals surface area (Å²) >= 11 is 3.21. The molecule has 0 spiro atoms. The average Bonchev–Trinajstić information content (AvgIpc) is 2.47. The van der Waals surface area contributed by atoms with Gasteiger partial charge in [-0.2, -0.15) is 0 Å². The maximum Gasteiger partial charge on any atom is 0.220 e. The van der Waals surface area contributed by atoms with Gasteiger partial charge in [-0.25, -0.2) is 4.39 Å². The molecule has 21 heavy (non-hydrogen) atoms. The van der Waals surface area contributed by atoms with Gasteiger partial charge in [0, 0.05) is 17.1 Å². The zero-order valence-corrected chi connectivity index (χ0v) is 13.2. The Morgan fingerprint density at radius 3 is 2.86 bits per heavy atom. The third-order valence-electron chi connectivity index (χ3n) is 3.15. The first-order valence-electron chi connectivity index (χ1n) is 6.70. The molecule has 1 amide bonds. The van der Waals surface area contributed by atoms with Crippen molar-refractivity contribution < 1.29 is 9.18 Å². The number of amides is 1. The number of hydrogen-bond acceptors (Lipinski definition) is 2. The van der Waals surface area contributed by atoms with Gasteiger partial charge in [0.25, 0.3) is 0 Å². The molecule has 5 heteroatoms. The number of benzene rings is 1. The Bertz CT molecular complexity index is 619. The van der Waals surface area contributed by atoms with E-state index in [4.69, 9.17) is 0 Å². The van der Waals surface area contributed by atoms with Crippen LogP contribution in [0.4, 0.5) is 4.39 Å². The molecule has 3 nitrogen and oxygen atoms in total. The molecule has 2 rings (SSSR count). The van der Waals surface area contributed by atoms with E-state index in [2.05, 4.69) is 26.2 Å². The zero-order valence-electron chi connectivity index (χ0n) is 11.6. The normalized spacial score (nSPS) is 12.0. The quantitative estimate of drug-likeness (QED) is 0.891. The minimum absolute atomic E-state index is 0.115. The van der Waals surface area contributed by atoms with Crippen molar-refractivity contribution in [3.8, 4) is 0 Å². The van der Waals surface area contributed by atoms with Gasteiger partial charge in [0.1, 0.15) is 5.82 Å². The second-order valence-electron chi connectivity index (χ2n) is 4.78. The van der Waals surface area contributed by atoms with Gasteiger partial charge in [0.15, 0.2) is 0 Å². The number of halogens is 2. The van der Waals surface area contributed by atoms with Gasteiger partial charge in [-0.3, -0.25) is 9.78 Å². The van der Waals surface area contributed by atoms with E-state index < -0.39 is 0 Å². The molecule has 0 saturated carbocycles. The van der Waals surface area contributed by atoms with Crippen LogP contribution in [0.3, 0.4) is 0 Å². The first-order valence-corrected chi connectivity index (χ1v) is 7.50. The lowest BCUT2D eigenvalue weighted by Crippen LogP contribution is -2.27. The van der Waals surface area contributed by atoms with Crippen molar-refractivity contribution in [3.05, 3.63) is 64.1 Å². The number of aryl methyl sites for hydroxylation is 1. The first-order chi connectivity index (χ1) is 10.1. The van der Waals surface area contributed by atoms with E-state index in [9.17, 15) is 9.18 Å². The fraction of sp³-hybridized carbons (Fsp3) is 0.250. The van der Waals surface area contributed by atoms with Crippen LogP contribution in [0.2, 0.25) is 0 Å². The van der Waals surface area contributed by atoms with E-state index in [-0.39, 0.29) is 24.2 Å². The van der Waals surface area contributed by atoms with Crippen molar-refractivity contribution in [3.63, 3.8) is 0 Å². The summed E-state index contributed by atoms with van der Waals surface area (Å²) < 4.78 is 14.3. The van der Waals surface area contributed by atoms with Crippen molar-refractivity contribution in [2.24, 2.45) is 0 Å². The van der Waals surface area contributed by atoms with Crippen molar-refractivity contribution in [2.75, 3.05) is 0 Å². The number of carbonyl (C=O) groups excluding carboxylic acids is 1. The fourth-order valence-electron chi connectivity index (χ4n) is 1.99. The highest BCUT2D eigenvalue weighted by molar-refractivity contribution is 9.10. The van der Waals surface area contributed by atoms with Crippen LogP contribution in [-0.4, -0.2) is 10.9 Å². The van der Waals surface area contributed by atoms with Gasteiger partial charge >= 0.3 is 0 Å². The van der Waals surface area contributed by atoms with E-state index in [1.54, 1.807) is 18.3 Å². The zero-order chi connectivity index (χ0) is 15.2. The van der Waals surface area contributed by atoms with E-state index >= 15 is 0 Å². The Balaban J connectivity index is 1.87. The minimum atomic E-state index is -0.296. The molecule has 2 aromatic rings. The van der Waals surface area contributed by atoms with Crippen molar-refractivity contribution in [1.82, 2.24) is 10.3 Å². The molecule has 0 saturated heterocycles. The van der Waals surface area contributed by atoms with Gasteiger partial charge in [0.2, 0.25) is 5.91 Å². The number of carbonyl (C=O) groups is 1. The predicted molar refractivity (Wildman–Crippen MR) is 83.2 cm³/mol. The molecule has 1 atom stereocenters. The van der Waals surface area contributed by atoms with Crippen LogP contribution >= 0.6 is 15.9 Å². The van der Waals surface area contributed by atoms with Crippen LogP contribution in [0.25, 0.3) is 0 Å². The summed E-state index contributed by atoms with van der Waals surface area (Å²) in [6.45, 7) is 1.88. The molecule has 0 aliphatic heterocycles. The SMILES string of the molecule is CC(NC(=O)CCc1ccc(Br)cc1F)c1ccccn1. The Hall–Kier alpha value is -1.75. The van der Waals surface area contributed by atoms with Gasteiger partial charge in [0.05, 0.1) is 11.7 Å². The van der Waals surface area contributed by atoms with E-state index in [1.807, 2.05) is 25.1 Å². The van der Waals surface area contributed by atoms with Crippen LogP contribution in [0.1, 0.15) is 30.6 Å². The first kappa shape index (κ1) is 15.6. The molecular weight excluding hydrogens is 335 g/mol. The van der Waals surface area contributed by atoms with Crippen molar-refractivity contribution in [2.45, 2.75) is 25.8 Å². The van der Waals surface area contributed by atoms with E-state index in [0.29, 0.717) is 16.5 Å². The molecular formula is C16H16BrFN2O. The Labute approximate surface area is 131 Å². The summed E-state index contributed by atoms with van der Waals surface area (Å²) in [5.41, 5.74) is 1.35. The molecule has 0 aliphatic carbocycles. The maximum atomic E-state index is 13.7. The summed E-state index contributed by atoms with van der Waals surface area (Å²) in [4.78, 5) is 16.1. The minimum Gasteiger partial charge on any atom is -0.348 e. The topological polar surface area (TPSA) is 42.0 Å². The lowest BCUT2D eigenvalue weighted by Gasteiger charge is -2.13. The molecule has 1 unspecified atom stereocenters. The standard InChI is InChI=1S/C16H16BrFN2O/c1-11(15-4-2-3-9-19-15)20-16(21)8-6-12-5-7-13(17)10-14(12)18/h2-5,7,9-11H,6,8H2,1H3,(H,20,21). The summed E-state index contributed by atoms with van der Waals surface area (Å²) in [7, 11) is 0. The average molecular weight is 351 g/mol. The fourth-order valence-corrected chi connectivity index (χ4v) is 2.33. The number of nitrogens with zero attached hydrogens (tertiary/aromatic N) is 1. The molecule has 110 valence electrons. The van der Waals surface area contributed by atoms with Crippen LogP contribution in [0, 0.1) is 5.82 Å². The second-order valence-corrected chi connectivity index (χ2v) is 5.70. The lowest BCUT2D eigenvalue weighted by molar-refractivity contribution is -0.121. The summed E-state index contributed by atoms with van der Waals surface area (Å²) in [5.74, 6) is -0.412. The largest absolute Gasteiger partial charge is 0.348 e.